The van der Waals surface area contributed by atoms with E-state index in [1.54, 1.807) is 0 Å². The molecule has 0 fully saturated rings. The van der Waals surface area contributed by atoms with Crippen molar-refractivity contribution in [3.63, 3.8) is 0 Å². The van der Waals surface area contributed by atoms with E-state index in [0.717, 1.165) is 16.9 Å². The van der Waals surface area contributed by atoms with Crippen molar-refractivity contribution in [2.24, 2.45) is 0 Å². The minimum Gasteiger partial charge on any atom is -0.307 e. The molecule has 0 aliphatic heterocycles. The first kappa shape index (κ1) is 12.3. The summed E-state index contributed by atoms with van der Waals surface area (Å²) in [5.41, 5.74) is 2.94. The zero-order valence-electron chi connectivity index (χ0n) is 10.2. The Hall–Kier alpha value is -1.82. The Balaban J connectivity index is 0.000000606. The van der Waals surface area contributed by atoms with E-state index in [-0.39, 0.29) is 5.92 Å². The molecule has 3 heteroatoms. The molecule has 2 rings (SSSR count). The fourth-order valence-corrected chi connectivity index (χ4v) is 1.47. The Kier molecular flexibility index (Phi) is 4.07. The molecule has 0 amide bonds. The van der Waals surface area contributed by atoms with Gasteiger partial charge < -0.3 is 4.40 Å². The number of rotatable bonds is 1. The second-order valence-electron chi connectivity index (χ2n) is 3.46. The van der Waals surface area contributed by atoms with E-state index in [4.69, 9.17) is 5.26 Å². The van der Waals surface area contributed by atoms with Crippen LogP contribution >= 0.6 is 0 Å². The highest BCUT2D eigenvalue weighted by molar-refractivity contribution is 5.42. The number of nitriles is 1. The molecule has 3 nitrogen and oxygen atoms in total. The average Bonchev–Trinajstić information content (AvgIpc) is 2.69. The lowest BCUT2D eigenvalue weighted by Crippen LogP contribution is -1.92. The van der Waals surface area contributed by atoms with Gasteiger partial charge in [0.15, 0.2) is 0 Å². The van der Waals surface area contributed by atoms with Crippen LogP contribution in [0.4, 0.5) is 0 Å². The van der Waals surface area contributed by atoms with Gasteiger partial charge in [0.05, 0.1) is 17.7 Å². The molecule has 0 aromatic carbocycles. The van der Waals surface area contributed by atoms with E-state index in [1.807, 2.05) is 56.6 Å². The maximum Gasteiger partial charge on any atom is 0.136 e. The third-order valence-electron chi connectivity index (χ3n) is 2.29. The average molecular weight is 215 g/mol. The monoisotopic (exact) mass is 215 g/mol. The summed E-state index contributed by atoms with van der Waals surface area (Å²) in [4.78, 5) is 4.32. The Morgan fingerprint density at radius 3 is 2.62 bits per heavy atom. The van der Waals surface area contributed by atoms with Gasteiger partial charge in [0.25, 0.3) is 0 Å². The number of hydrogen-bond donors (Lipinski definition) is 0. The van der Waals surface area contributed by atoms with Crippen molar-refractivity contribution in [3.8, 4) is 6.07 Å². The molecule has 0 N–H and O–H groups in total. The molecule has 2 heterocycles. The van der Waals surface area contributed by atoms with Crippen LogP contribution in [0.5, 0.6) is 0 Å². The van der Waals surface area contributed by atoms with Gasteiger partial charge in [-0.05, 0) is 25.5 Å². The minimum absolute atomic E-state index is 0.0675. The predicted octanol–water partition coefficient (Wildman–Crippen LogP) is 3.30. The Morgan fingerprint density at radius 2 is 2.00 bits per heavy atom. The molecule has 0 bridgehead atoms. The summed E-state index contributed by atoms with van der Waals surface area (Å²) in [6.45, 7) is 7.85. The third kappa shape index (κ3) is 2.40. The summed E-state index contributed by atoms with van der Waals surface area (Å²) in [6, 6.07) is 6.11. The Bertz CT molecular complexity index is 505. The van der Waals surface area contributed by atoms with E-state index in [1.165, 1.54) is 0 Å². The van der Waals surface area contributed by atoms with Gasteiger partial charge in [0.1, 0.15) is 5.65 Å². The van der Waals surface area contributed by atoms with Crippen molar-refractivity contribution in [1.82, 2.24) is 9.38 Å². The molecule has 0 saturated carbocycles. The van der Waals surface area contributed by atoms with Crippen LogP contribution in [-0.4, -0.2) is 9.38 Å². The second kappa shape index (κ2) is 5.32. The maximum absolute atomic E-state index is 8.79. The van der Waals surface area contributed by atoms with Crippen LogP contribution in [0.25, 0.3) is 5.65 Å². The van der Waals surface area contributed by atoms with Crippen LogP contribution in [0.3, 0.4) is 0 Å². The first-order chi connectivity index (χ1) is 7.70. The molecule has 84 valence electrons. The van der Waals surface area contributed by atoms with Gasteiger partial charge in [-0.25, -0.2) is 4.98 Å². The highest BCUT2D eigenvalue weighted by atomic mass is 15.0. The van der Waals surface area contributed by atoms with E-state index in [0.29, 0.717) is 0 Å². The molecule has 2 aromatic heterocycles. The summed E-state index contributed by atoms with van der Waals surface area (Å²) in [5, 5.41) is 8.79. The summed E-state index contributed by atoms with van der Waals surface area (Å²) in [6.07, 6.45) is 3.92. The fraction of sp³-hybridized carbons (Fsp3) is 0.385. The number of imidazole rings is 1. The van der Waals surface area contributed by atoms with Crippen molar-refractivity contribution in [1.29, 1.82) is 5.26 Å². The molecule has 2 aromatic rings. The normalized spacial score (nSPS) is 11.4. The molecule has 16 heavy (non-hydrogen) atoms. The van der Waals surface area contributed by atoms with E-state index in [9.17, 15) is 0 Å². The summed E-state index contributed by atoms with van der Waals surface area (Å²) >= 11 is 0. The van der Waals surface area contributed by atoms with Crippen molar-refractivity contribution >= 4 is 5.65 Å². The van der Waals surface area contributed by atoms with Crippen LogP contribution in [0.2, 0.25) is 0 Å². The maximum atomic E-state index is 8.79. The quantitative estimate of drug-likeness (QED) is 0.732. The topological polar surface area (TPSA) is 41.1 Å². The molecule has 1 atom stereocenters. The predicted molar refractivity (Wildman–Crippen MR) is 65.3 cm³/mol. The lowest BCUT2D eigenvalue weighted by molar-refractivity contribution is 0.956. The van der Waals surface area contributed by atoms with Crippen LogP contribution in [0, 0.1) is 18.3 Å². The van der Waals surface area contributed by atoms with Crippen LogP contribution < -0.4 is 0 Å². The van der Waals surface area contributed by atoms with Gasteiger partial charge in [-0.15, -0.1) is 0 Å². The van der Waals surface area contributed by atoms with Gasteiger partial charge in [-0.2, -0.15) is 5.26 Å². The van der Waals surface area contributed by atoms with E-state index >= 15 is 0 Å². The zero-order valence-corrected chi connectivity index (χ0v) is 10.2. The smallest absolute Gasteiger partial charge is 0.136 e. The standard InChI is InChI=1S/C11H11N3.C2H6/c1-8(5-12)10-3-4-11-13-9(2)6-14(11)7-10;1-2/h3-4,6-8H,1-2H3;1-2H3. The zero-order chi connectivity index (χ0) is 12.1. The van der Waals surface area contributed by atoms with Crippen molar-refractivity contribution in [3.05, 3.63) is 35.8 Å². The van der Waals surface area contributed by atoms with Crippen molar-refractivity contribution in [2.75, 3.05) is 0 Å². The van der Waals surface area contributed by atoms with Crippen LogP contribution in [-0.2, 0) is 0 Å². The largest absolute Gasteiger partial charge is 0.307 e. The van der Waals surface area contributed by atoms with Gasteiger partial charge >= 0.3 is 0 Å². The number of pyridine rings is 1. The van der Waals surface area contributed by atoms with Gasteiger partial charge in [0.2, 0.25) is 0 Å². The van der Waals surface area contributed by atoms with Crippen LogP contribution in [0.15, 0.2) is 24.5 Å². The van der Waals surface area contributed by atoms with Gasteiger partial charge in [-0.3, -0.25) is 0 Å². The van der Waals surface area contributed by atoms with Crippen LogP contribution in [0.1, 0.15) is 37.9 Å². The Labute approximate surface area is 96.4 Å². The van der Waals surface area contributed by atoms with Crippen molar-refractivity contribution < 1.29 is 0 Å². The molecule has 1 unspecified atom stereocenters. The third-order valence-corrected chi connectivity index (χ3v) is 2.29. The van der Waals surface area contributed by atoms with E-state index < -0.39 is 0 Å². The van der Waals surface area contributed by atoms with Crippen molar-refractivity contribution in [2.45, 2.75) is 33.6 Å². The molecule has 0 aliphatic carbocycles. The van der Waals surface area contributed by atoms with E-state index in [2.05, 4.69) is 11.1 Å². The molecular weight excluding hydrogens is 198 g/mol. The number of nitrogens with zero attached hydrogens (tertiary/aromatic N) is 3. The summed E-state index contributed by atoms with van der Waals surface area (Å²) < 4.78 is 1.96. The lowest BCUT2D eigenvalue weighted by Gasteiger charge is -2.02. The molecule has 0 radical (unpaired) electrons. The highest BCUT2D eigenvalue weighted by Gasteiger charge is 2.05. The number of aromatic nitrogens is 2. The summed E-state index contributed by atoms with van der Waals surface area (Å²) in [5.74, 6) is -0.0675. The molecular formula is C13H17N3. The minimum atomic E-state index is -0.0675. The number of aryl methyl sites for hydroxylation is 1. The number of fused-ring (bicyclic) bond motifs is 1. The molecule has 0 spiro atoms. The van der Waals surface area contributed by atoms with Gasteiger partial charge in [-0.1, -0.05) is 19.9 Å². The lowest BCUT2D eigenvalue weighted by atomic mass is 10.1. The summed E-state index contributed by atoms with van der Waals surface area (Å²) in [7, 11) is 0. The second-order valence-corrected chi connectivity index (χ2v) is 3.46. The fourth-order valence-electron chi connectivity index (χ4n) is 1.47. The Morgan fingerprint density at radius 1 is 1.31 bits per heavy atom. The highest BCUT2D eigenvalue weighted by Crippen LogP contribution is 2.15. The molecule has 0 saturated heterocycles. The van der Waals surface area contributed by atoms with Gasteiger partial charge in [0, 0.05) is 12.4 Å². The SMILES string of the molecule is CC.Cc1cn2cc(C(C)C#N)ccc2n1. The first-order valence-corrected chi connectivity index (χ1v) is 5.55. The first-order valence-electron chi connectivity index (χ1n) is 5.55. The molecule has 0 aliphatic rings. The number of hydrogen-bond acceptors (Lipinski definition) is 2.